The van der Waals surface area contributed by atoms with Crippen molar-refractivity contribution in [2.24, 2.45) is 0 Å². The van der Waals surface area contributed by atoms with E-state index in [4.69, 9.17) is 15.2 Å². The van der Waals surface area contributed by atoms with Gasteiger partial charge in [-0.05, 0) is 26.3 Å². The van der Waals surface area contributed by atoms with Crippen molar-refractivity contribution in [1.29, 1.82) is 0 Å². The summed E-state index contributed by atoms with van der Waals surface area (Å²) in [6.45, 7) is 6.06. The van der Waals surface area contributed by atoms with E-state index in [9.17, 15) is 4.79 Å². The fourth-order valence-electron chi connectivity index (χ4n) is 1.57. The van der Waals surface area contributed by atoms with E-state index < -0.39 is 5.97 Å². The van der Waals surface area contributed by atoms with Gasteiger partial charge in [-0.2, -0.15) is 0 Å². The average Bonchev–Trinajstić information content (AvgIpc) is 2.32. The number of ether oxygens (including phenoxy) is 2. The number of esters is 1. The van der Waals surface area contributed by atoms with Crippen molar-refractivity contribution in [3.63, 3.8) is 0 Å². The molecular formula is C13H20N2O3. The number of hydrogen-bond donors (Lipinski definition) is 1. The Balaban J connectivity index is 2.92. The molecule has 1 unspecified atom stereocenters. The first-order valence-electron chi connectivity index (χ1n) is 6.17. The molecule has 0 radical (unpaired) electrons. The molecule has 0 aliphatic carbocycles. The Labute approximate surface area is 107 Å². The van der Waals surface area contributed by atoms with E-state index in [0.717, 1.165) is 12.8 Å². The van der Waals surface area contributed by atoms with Gasteiger partial charge in [0.1, 0.15) is 5.56 Å². The van der Waals surface area contributed by atoms with Crippen LogP contribution in [0.3, 0.4) is 0 Å². The van der Waals surface area contributed by atoms with Crippen LogP contribution in [-0.2, 0) is 4.74 Å². The molecule has 0 aliphatic heterocycles. The monoisotopic (exact) mass is 252 g/mol. The molecule has 0 amide bonds. The first-order valence-corrected chi connectivity index (χ1v) is 6.17. The second-order valence-electron chi connectivity index (χ2n) is 4.06. The van der Waals surface area contributed by atoms with Crippen molar-refractivity contribution in [3.05, 3.63) is 17.8 Å². The van der Waals surface area contributed by atoms with Gasteiger partial charge in [0, 0.05) is 0 Å². The number of aromatic nitrogens is 1. The van der Waals surface area contributed by atoms with Crippen molar-refractivity contribution >= 4 is 11.7 Å². The van der Waals surface area contributed by atoms with E-state index in [1.807, 2.05) is 6.92 Å². The summed E-state index contributed by atoms with van der Waals surface area (Å²) in [6.07, 6.45) is 3.37. The Morgan fingerprint density at radius 3 is 2.83 bits per heavy atom. The number of nitrogen functional groups attached to an aromatic ring is 1. The van der Waals surface area contributed by atoms with E-state index in [-0.39, 0.29) is 17.5 Å². The van der Waals surface area contributed by atoms with E-state index in [0.29, 0.717) is 12.3 Å². The highest BCUT2D eigenvalue weighted by Crippen LogP contribution is 2.21. The second kappa shape index (κ2) is 6.83. The Hall–Kier alpha value is -1.78. The molecule has 0 bridgehead atoms. The predicted octanol–water partition coefficient (Wildman–Crippen LogP) is 2.41. The fraction of sp³-hybridized carbons (Fsp3) is 0.538. The molecule has 2 N–H and O–H groups in total. The summed E-state index contributed by atoms with van der Waals surface area (Å²) in [5, 5.41) is 0. The van der Waals surface area contributed by atoms with Gasteiger partial charge in [-0.25, -0.2) is 9.78 Å². The normalized spacial score (nSPS) is 11.9. The number of nitrogens with two attached hydrogens (primary N) is 1. The largest absolute Gasteiger partial charge is 0.474 e. The number of hydrogen-bond acceptors (Lipinski definition) is 5. The molecule has 1 aromatic heterocycles. The summed E-state index contributed by atoms with van der Waals surface area (Å²) in [5.74, 6) is -0.181. The van der Waals surface area contributed by atoms with Gasteiger partial charge in [0.15, 0.2) is 0 Å². The highest BCUT2D eigenvalue weighted by atomic mass is 16.5. The number of carbonyl (C=O) groups excluding carboxylic acids is 1. The van der Waals surface area contributed by atoms with Crippen LogP contribution in [0.15, 0.2) is 12.3 Å². The van der Waals surface area contributed by atoms with Gasteiger partial charge in [0.2, 0.25) is 5.88 Å². The van der Waals surface area contributed by atoms with E-state index in [1.165, 1.54) is 12.3 Å². The number of pyridine rings is 1. The minimum atomic E-state index is -0.462. The van der Waals surface area contributed by atoms with Gasteiger partial charge in [0.05, 0.1) is 24.6 Å². The van der Waals surface area contributed by atoms with E-state index in [2.05, 4.69) is 11.9 Å². The Morgan fingerprint density at radius 2 is 2.22 bits per heavy atom. The quantitative estimate of drug-likeness (QED) is 0.787. The summed E-state index contributed by atoms with van der Waals surface area (Å²) < 4.78 is 10.6. The number of nitrogens with zero attached hydrogens (tertiary/aromatic N) is 1. The maximum absolute atomic E-state index is 11.8. The van der Waals surface area contributed by atoms with Crippen LogP contribution in [0.1, 0.15) is 44.0 Å². The lowest BCUT2D eigenvalue weighted by molar-refractivity contribution is 0.0517. The molecule has 0 spiro atoms. The van der Waals surface area contributed by atoms with Crippen LogP contribution < -0.4 is 10.5 Å². The van der Waals surface area contributed by atoms with Gasteiger partial charge in [-0.3, -0.25) is 0 Å². The lowest BCUT2D eigenvalue weighted by atomic mass is 10.2. The van der Waals surface area contributed by atoms with Gasteiger partial charge in [-0.15, -0.1) is 0 Å². The lowest BCUT2D eigenvalue weighted by Gasteiger charge is -2.15. The molecule has 5 heteroatoms. The van der Waals surface area contributed by atoms with Crippen LogP contribution >= 0.6 is 0 Å². The predicted molar refractivity (Wildman–Crippen MR) is 69.6 cm³/mol. The van der Waals surface area contributed by atoms with E-state index >= 15 is 0 Å². The molecule has 0 fully saturated rings. The molecule has 5 nitrogen and oxygen atoms in total. The van der Waals surface area contributed by atoms with Crippen LogP contribution in [0.25, 0.3) is 0 Å². The SMILES string of the molecule is CCCC(C)Oc1ncc(N)cc1C(=O)OCC. The summed E-state index contributed by atoms with van der Waals surface area (Å²) in [4.78, 5) is 15.8. The summed E-state index contributed by atoms with van der Waals surface area (Å²) in [6, 6.07) is 1.53. The van der Waals surface area contributed by atoms with Gasteiger partial charge in [-0.1, -0.05) is 13.3 Å². The van der Waals surface area contributed by atoms with Crippen LogP contribution in [-0.4, -0.2) is 23.7 Å². The third-order valence-electron chi connectivity index (χ3n) is 2.38. The highest BCUT2D eigenvalue weighted by Gasteiger charge is 2.17. The Bertz CT molecular complexity index is 407. The number of rotatable bonds is 6. The Morgan fingerprint density at radius 1 is 1.50 bits per heavy atom. The van der Waals surface area contributed by atoms with Crippen LogP contribution in [0.5, 0.6) is 5.88 Å². The minimum absolute atomic E-state index is 0.000647. The molecule has 1 atom stereocenters. The molecule has 18 heavy (non-hydrogen) atoms. The fourth-order valence-corrected chi connectivity index (χ4v) is 1.57. The number of carbonyl (C=O) groups is 1. The molecule has 0 saturated heterocycles. The minimum Gasteiger partial charge on any atom is -0.474 e. The van der Waals surface area contributed by atoms with Crippen molar-refractivity contribution in [2.45, 2.75) is 39.7 Å². The zero-order valence-corrected chi connectivity index (χ0v) is 11.1. The third kappa shape index (κ3) is 3.91. The highest BCUT2D eigenvalue weighted by molar-refractivity contribution is 5.92. The van der Waals surface area contributed by atoms with Gasteiger partial charge >= 0.3 is 5.97 Å². The number of anilines is 1. The average molecular weight is 252 g/mol. The molecule has 0 aliphatic rings. The topological polar surface area (TPSA) is 74.4 Å². The van der Waals surface area contributed by atoms with Crippen LogP contribution in [0.4, 0.5) is 5.69 Å². The molecule has 1 rings (SSSR count). The summed E-state index contributed by atoms with van der Waals surface area (Å²) in [7, 11) is 0. The third-order valence-corrected chi connectivity index (χ3v) is 2.38. The lowest BCUT2D eigenvalue weighted by Crippen LogP contribution is -2.16. The first-order chi connectivity index (χ1) is 8.58. The van der Waals surface area contributed by atoms with Crippen molar-refractivity contribution in [1.82, 2.24) is 4.98 Å². The summed E-state index contributed by atoms with van der Waals surface area (Å²) >= 11 is 0. The summed E-state index contributed by atoms with van der Waals surface area (Å²) in [5.41, 5.74) is 6.31. The van der Waals surface area contributed by atoms with Gasteiger partial charge < -0.3 is 15.2 Å². The van der Waals surface area contributed by atoms with Gasteiger partial charge in [0.25, 0.3) is 0 Å². The molecule has 100 valence electrons. The second-order valence-corrected chi connectivity index (χ2v) is 4.06. The molecular weight excluding hydrogens is 232 g/mol. The molecule has 1 heterocycles. The molecule has 0 saturated carbocycles. The van der Waals surface area contributed by atoms with E-state index in [1.54, 1.807) is 6.92 Å². The van der Waals surface area contributed by atoms with Crippen molar-refractivity contribution < 1.29 is 14.3 Å². The zero-order chi connectivity index (χ0) is 13.5. The molecule has 1 aromatic rings. The van der Waals surface area contributed by atoms with Crippen molar-refractivity contribution in [2.75, 3.05) is 12.3 Å². The van der Waals surface area contributed by atoms with Crippen LogP contribution in [0.2, 0.25) is 0 Å². The maximum Gasteiger partial charge on any atom is 0.343 e. The first kappa shape index (κ1) is 14.3. The molecule has 0 aromatic carbocycles. The van der Waals surface area contributed by atoms with Crippen molar-refractivity contribution in [3.8, 4) is 5.88 Å². The smallest absolute Gasteiger partial charge is 0.343 e. The van der Waals surface area contributed by atoms with Crippen LogP contribution in [0, 0.1) is 0 Å². The zero-order valence-electron chi connectivity index (χ0n) is 11.1. The standard InChI is InChI=1S/C13H20N2O3/c1-4-6-9(3)18-12-11(13(16)17-5-2)7-10(14)8-15-12/h7-9H,4-6,14H2,1-3H3. The Kier molecular flexibility index (Phi) is 5.42. The maximum atomic E-state index is 11.8.